The van der Waals surface area contributed by atoms with Crippen molar-refractivity contribution in [2.24, 2.45) is 0 Å². The number of hydrogen-bond donors (Lipinski definition) is 1. The maximum atomic E-state index is 12.9. The van der Waals surface area contributed by atoms with Gasteiger partial charge in [0.2, 0.25) is 0 Å². The molecule has 1 aliphatic rings. The standard InChI is InChI=1S/C17H13BrN2O2S2/c1-9-3-4-14(10(2)5-9)20-16(22)13(15(21)19-17(20)23)7-12-6-11(18)8-24-12/h3-8H,1-2H3,(H,19,21,23)/b13-7+. The van der Waals surface area contributed by atoms with E-state index in [-0.39, 0.29) is 10.7 Å². The largest absolute Gasteiger partial charge is 0.298 e. The number of hydrogen-bond acceptors (Lipinski definition) is 4. The number of nitrogens with zero attached hydrogens (tertiary/aromatic N) is 1. The third-order valence-electron chi connectivity index (χ3n) is 3.57. The molecule has 1 fully saturated rings. The van der Waals surface area contributed by atoms with Crippen LogP contribution in [0.4, 0.5) is 5.69 Å². The summed E-state index contributed by atoms with van der Waals surface area (Å²) in [5, 5.41) is 4.59. The van der Waals surface area contributed by atoms with Crippen LogP contribution in [0.15, 0.2) is 39.7 Å². The molecule has 1 aromatic carbocycles. The van der Waals surface area contributed by atoms with Crippen molar-refractivity contribution in [2.75, 3.05) is 4.90 Å². The van der Waals surface area contributed by atoms with Crippen LogP contribution in [-0.2, 0) is 9.59 Å². The van der Waals surface area contributed by atoms with Crippen LogP contribution in [0.1, 0.15) is 16.0 Å². The highest BCUT2D eigenvalue weighted by molar-refractivity contribution is 9.10. The Morgan fingerprint density at radius 1 is 1.25 bits per heavy atom. The lowest BCUT2D eigenvalue weighted by molar-refractivity contribution is -0.122. The molecule has 0 atom stereocenters. The Labute approximate surface area is 157 Å². The maximum absolute atomic E-state index is 12.9. The van der Waals surface area contributed by atoms with Crippen LogP contribution in [-0.4, -0.2) is 16.9 Å². The second-order valence-electron chi connectivity index (χ2n) is 5.42. The van der Waals surface area contributed by atoms with Crippen molar-refractivity contribution in [1.82, 2.24) is 5.32 Å². The second-order valence-corrected chi connectivity index (χ2v) is 7.66. The first-order valence-corrected chi connectivity index (χ1v) is 9.17. The molecule has 0 spiro atoms. The number of amides is 2. The summed E-state index contributed by atoms with van der Waals surface area (Å²) in [5.74, 6) is -0.893. The number of carbonyl (C=O) groups excluding carboxylic acids is 2. The van der Waals surface area contributed by atoms with Crippen molar-refractivity contribution in [3.63, 3.8) is 0 Å². The van der Waals surface area contributed by atoms with Crippen molar-refractivity contribution in [1.29, 1.82) is 0 Å². The van der Waals surface area contributed by atoms with Gasteiger partial charge in [-0.3, -0.25) is 19.8 Å². The molecule has 2 aromatic rings. The number of nitrogens with one attached hydrogen (secondary N) is 1. The maximum Gasteiger partial charge on any atom is 0.270 e. The lowest BCUT2D eigenvalue weighted by Gasteiger charge is -2.30. The number of thiophene rings is 1. The monoisotopic (exact) mass is 420 g/mol. The molecule has 2 heterocycles. The van der Waals surface area contributed by atoms with Gasteiger partial charge in [-0.1, -0.05) is 17.7 Å². The summed E-state index contributed by atoms with van der Waals surface area (Å²) in [7, 11) is 0. The van der Waals surface area contributed by atoms with Crippen LogP contribution in [0.5, 0.6) is 0 Å². The van der Waals surface area contributed by atoms with E-state index in [2.05, 4.69) is 21.2 Å². The molecular weight excluding hydrogens is 408 g/mol. The molecule has 1 saturated heterocycles. The minimum Gasteiger partial charge on any atom is -0.298 e. The molecule has 1 aliphatic heterocycles. The van der Waals surface area contributed by atoms with Gasteiger partial charge in [0.15, 0.2) is 5.11 Å². The smallest absolute Gasteiger partial charge is 0.270 e. The lowest BCUT2D eigenvalue weighted by atomic mass is 10.1. The summed E-state index contributed by atoms with van der Waals surface area (Å²) in [5.41, 5.74) is 2.75. The Kier molecular flexibility index (Phi) is 4.67. The summed E-state index contributed by atoms with van der Waals surface area (Å²) < 4.78 is 0.907. The topological polar surface area (TPSA) is 49.4 Å². The zero-order valence-corrected chi connectivity index (χ0v) is 16.1. The van der Waals surface area contributed by atoms with Gasteiger partial charge in [0.05, 0.1) is 5.69 Å². The molecule has 0 radical (unpaired) electrons. The zero-order valence-electron chi connectivity index (χ0n) is 12.9. The fourth-order valence-electron chi connectivity index (χ4n) is 2.48. The Balaban J connectivity index is 2.04. The number of aryl methyl sites for hydroxylation is 2. The molecular formula is C17H13BrN2O2S2. The quantitative estimate of drug-likeness (QED) is 0.454. The molecule has 3 rings (SSSR count). The number of halogens is 1. The lowest BCUT2D eigenvalue weighted by Crippen LogP contribution is -2.54. The Hall–Kier alpha value is -1.83. The van der Waals surface area contributed by atoms with Gasteiger partial charge in [0, 0.05) is 14.7 Å². The van der Waals surface area contributed by atoms with Crippen molar-refractivity contribution < 1.29 is 9.59 Å². The Morgan fingerprint density at radius 2 is 2.00 bits per heavy atom. The third kappa shape index (κ3) is 3.19. The fourth-order valence-corrected chi connectivity index (χ4v) is 4.13. The number of benzene rings is 1. The molecule has 0 bridgehead atoms. The van der Waals surface area contributed by atoms with Crippen molar-refractivity contribution in [3.05, 3.63) is 55.7 Å². The first-order chi connectivity index (χ1) is 11.4. The van der Waals surface area contributed by atoms with Gasteiger partial charge in [-0.25, -0.2) is 0 Å². The van der Waals surface area contributed by atoms with Crippen LogP contribution < -0.4 is 10.2 Å². The van der Waals surface area contributed by atoms with E-state index < -0.39 is 11.8 Å². The molecule has 24 heavy (non-hydrogen) atoms. The number of carbonyl (C=O) groups is 2. The van der Waals surface area contributed by atoms with Crippen LogP contribution in [0.2, 0.25) is 0 Å². The van der Waals surface area contributed by atoms with E-state index in [1.165, 1.54) is 16.2 Å². The van der Waals surface area contributed by atoms with Crippen LogP contribution >= 0.6 is 39.5 Å². The minimum atomic E-state index is -0.476. The van der Waals surface area contributed by atoms with Crippen molar-refractivity contribution in [3.8, 4) is 0 Å². The predicted molar refractivity (Wildman–Crippen MR) is 104 cm³/mol. The minimum absolute atomic E-state index is 0.0675. The molecule has 0 saturated carbocycles. The highest BCUT2D eigenvalue weighted by Gasteiger charge is 2.35. The fraction of sp³-hybridized carbons (Fsp3) is 0.118. The van der Waals surface area contributed by atoms with Crippen LogP contribution in [0.25, 0.3) is 6.08 Å². The molecule has 7 heteroatoms. The molecule has 2 amide bonds. The average molecular weight is 421 g/mol. The van der Waals surface area contributed by atoms with E-state index in [4.69, 9.17) is 12.2 Å². The van der Waals surface area contributed by atoms with Crippen LogP contribution in [0.3, 0.4) is 0 Å². The molecule has 1 aromatic heterocycles. The molecule has 4 nitrogen and oxygen atoms in total. The van der Waals surface area contributed by atoms with Crippen molar-refractivity contribution >= 4 is 68.2 Å². The van der Waals surface area contributed by atoms with Gasteiger partial charge in [-0.05, 0) is 65.8 Å². The van der Waals surface area contributed by atoms with Gasteiger partial charge in [-0.2, -0.15) is 0 Å². The highest BCUT2D eigenvalue weighted by atomic mass is 79.9. The van der Waals surface area contributed by atoms with E-state index >= 15 is 0 Å². The van der Waals surface area contributed by atoms with Crippen molar-refractivity contribution in [2.45, 2.75) is 13.8 Å². The van der Waals surface area contributed by atoms with E-state index in [9.17, 15) is 9.59 Å². The van der Waals surface area contributed by atoms with E-state index in [0.717, 1.165) is 20.5 Å². The number of rotatable bonds is 2. The molecule has 0 aliphatic carbocycles. The van der Waals surface area contributed by atoms with Gasteiger partial charge in [0.1, 0.15) is 5.57 Å². The molecule has 1 N–H and O–H groups in total. The SMILES string of the molecule is Cc1ccc(N2C(=O)/C(=C/c3cc(Br)cs3)C(=O)NC2=S)c(C)c1. The molecule has 0 unspecified atom stereocenters. The number of anilines is 1. The zero-order chi connectivity index (χ0) is 17.4. The first-order valence-electron chi connectivity index (χ1n) is 7.09. The Bertz CT molecular complexity index is 902. The Morgan fingerprint density at radius 3 is 2.62 bits per heavy atom. The van der Waals surface area contributed by atoms with Gasteiger partial charge in [-0.15, -0.1) is 11.3 Å². The van der Waals surface area contributed by atoms with Gasteiger partial charge < -0.3 is 0 Å². The van der Waals surface area contributed by atoms with E-state index in [1.807, 2.05) is 43.5 Å². The van der Waals surface area contributed by atoms with E-state index in [1.54, 1.807) is 6.08 Å². The normalized spacial score (nSPS) is 16.7. The summed E-state index contributed by atoms with van der Waals surface area (Å²) >= 11 is 10.0. The van der Waals surface area contributed by atoms with Gasteiger partial charge >= 0.3 is 0 Å². The second kappa shape index (κ2) is 6.58. The van der Waals surface area contributed by atoms with Crippen LogP contribution in [0, 0.1) is 13.8 Å². The average Bonchev–Trinajstić information content (AvgIpc) is 2.91. The first kappa shape index (κ1) is 17.0. The highest BCUT2D eigenvalue weighted by Crippen LogP contribution is 2.27. The summed E-state index contributed by atoms with van der Waals surface area (Å²) in [6.07, 6.45) is 1.59. The summed E-state index contributed by atoms with van der Waals surface area (Å²) in [6.45, 7) is 3.89. The predicted octanol–water partition coefficient (Wildman–Crippen LogP) is 3.96. The third-order valence-corrected chi connectivity index (χ3v) is 5.49. The number of thiocarbonyl (C=S) groups is 1. The van der Waals surface area contributed by atoms with Gasteiger partial charge in [0.25, 0.3) is 11.8 Å². The van der Waals surface area contributed by atoms with E-state index in [0.29, 0.717) is 5.69 Å². The summed E-state index contributed by atoms with van der Waals surface area (Å²) in [4.78, 5) is 27.3. The molecule has 122 valence electrons. The summed E-state index contributed by atoms with van der Waals surface area (Å²) in [6, 6.07) is 7.58.